The maximum Gasteiger partial charge on any atom is 0.145 e. The molecule has 14 aromatic carbocycles. The zero-order valence-electron chi connectivity index (χ0n) is 41.0. The Morgan fingerprint density at radius 2 is 0.627 bits per heavy atom. The van der Waals surface area contributed by atoms with Gasteiger partial charge < -0.3 is 0 Å². The van der Waals surface area contributed by atoms with Crippen LogP contribution in [-0.4, -0.2) is 9.55 Å². The second kappa shape index (κ2) is 17.4. The molecule has 0 amide bonds. The Hall–Kier alpha value is -9.89. The van der Waals surface area contributed by atoms with Crippen molar-refractivity contribution in [2.24, 2.45) is 0 Å². The molecule has 15 rings (SSSR count). The summed E-state index contributed by atoms with van der Waals surface area (Å²) in [5.74, 6) is 0.925. The molecule has 0 radical (unpaired) electrons. The Labute approximate surface area is 434 Å². The first-order valence-corrected chi connectivity index (χ1v) is 25.8. The fourth-order valence-electron chi connectivity index (χ4n) is 12.1. The smallest absolute Gasteiger partial charge is 0.145 e. The number of imidazole rings is 1. The van der Waals surface area contributed by atoms with Crippen LogP contribution < -0.4 is 0 Å². The number of benzene rings is 14. The molecule has 0 aliphatic rings. The average molecular weight is 951 g/mol. The van der Waals surface area contributed by atoms with E-state index in [1.807, 2.05) is 0 Å². The molecule has 2 nitrogen and oxygen atoms in total. The van der Waals surface area contributed by atoms with E-state index in [-0.39, 0.29) is 0 Å². The summed E-state index contributed by atoms with van der Waals surface area (Å²) in [6.45, 7) is 0. The van der Waals surface area contributed by atoms with E-state index in [4.69, 9.17) is 4.98 Å². The summed E-state index contributed by atoms with van der Waals surface area (Å²) in [6, 6.07) is 102. The van der Waals surface area contributed by atoms with Gasteiger partial charge in [0.15, 0.2) is 0 Å². The third kappa shape index (κ3) is 7.06. The van der Waals surface area contributed by atoms with Crippen LogP contribution in [0.3, 0.4) is 0 Å². The van der Waals surface area contributed by atoms with Crippen molar-refractivity contribution in [2.45, 2.75) is 0 Å². The van der Waals surface area contributed by atoms with Gasteiger partial charge >= 0.3 is 0 Å². The maximum absolute atomic E-state index is 5.18. The molecule has 0 saturated heterocycles. The molecular weight excluding hydrogens is 905 g/mol. The van der Waals surface area contributed by atoms with Crippen LogP contribution in [-0.2, 0) is 0 Å². The molecule has 0 atom stereocenters. The van der Waals surface area contributed by atoms with E-state index in [1.165, 1.54) is 120 Å². The first-order chi connectivity index (χ1) is 37.2. The zero-order chi connectivity index (χ0) is 49.4. The predicted octanol–water partition coefficient (Wildman–Crippen LogP) is 19.9. The van der Waals surface area contributed by atoms with Crippen LogP contribution >= 0.6 is 0 Å². The van der Waals surface area contributed by atoms with Crippen molar-refractivity contribution < 1.29 is 0 Å². The van der Waals surface area contributed by atoms with Crippen molar-refractivity contribution in [1.29, 1.82) is 0 Å². The second-order valence-corrected chi connectivity index (χ2v) is 19.8. The fourth-order valence-corrected chi connectivity index (χ4v) is 12.1. The molecule has 2 heteroatoms. The van der Waals surface area contributed by atoms with Crippen molar-refractivity contribution in [1.82, 2.24) is 9.55 Å². The molecule has 0 saturated carbocycles. The highest BCUT2D eigenvalue weighted by Gasteiger charge is 2.21. The lowest BCUT2D eigenvalue weighted by Crippen LogP contribution is -1.97. The number of para-hydroxylation sites is 3. The van der Waals surface area contributed by atoms with Crippen molar-refractivity contribution in [2.75, 3.05) is 0 Å². The van der Waals surface area contributed by atoms with Gasteiger partial charge in [-0.2, -0.15) is 0 Å². The number of aromatic nitrogens is 2. The van der Waals surface area contributed by atoms with Gasteiger partial charge in [-0.25, -0.2) is 4.98 Å². The number of rotatable bonds is 7. The van der Waals surface area contributed by atoms with Gasteiger partial charge in [-0.3, -0.25) is 4.57 Å². The Morgan fingerprint density at radius 3 is 1.21 bits per heavy atom. The molecule has 1 heterocycles. The number of hydrogen-bond acceptors (Lipinski definition) is 1. The molecule has 0 bridgehead atoms. The third-order valence-corrected chi connectivity index (χ3v) is 15.5. The van der Waals surface area contributed by atoms with Crippen LogP contribution in [0, 0.1) is 0 Å². The quantitative estimate of drug-likeness (QED) is 0.146. The lowest BCUT2D eigenvalue weighted by molar-refractivity contribution is 1.10. The number of fused-ring (bicyclic) bond motifs is 7. The molecule has 1 aromatic heterocycles. The van der Waals surface area contributed by atoms with Crippen molar-refractivity contribution >= 4 is 75.7 Å². The van der Waals surface area contributed by atoms with E-state index in [0.29, 0.717) is 0 Å². The van der Waals surface area contributed by atoms with Gasteiger partial charge in [0.2, 0.25) is 0 Å². The molecule has 0 unspecified atom stereocenters. The van der Waals surface area contributed by atoms with Crippen molar-refractivity contribution in [3.05, 3.63) is 279 Å². The van der Waals surface area contributed by atoms with E-state index >= 15 is 0 Å². The van der Waals surface area contributed by atoms with Gasteiger partial charge in [0, 0.05) is 11.3 Å². The highest BCUT2D eigenvalue weighted by Crippen LogP contribution is 2.48. The summed E-state index contributed by atoms with van der Waals surface area (Å²) < 4.78 is 2.27. The average Bonchev–Trinajstić information content (AvgIpc) is 3.89. The minimum absolute atomic E-state index is 0.925. The third-order valence-electron chi connectivity index (χ3n) is 15.5. The highest BCUT2D eigenvalue weighted by molar-refractivity contribution is 6.24. The minimum atomic E-state index is 0.925. The molecule has 348 valence electrons. The standard InChI is InChI=1S/C73H46N2/c1-2-23-58(24-3-1)75-68-32-15-14-31-67(68)74-73(75)50-37-35-49(36-38-50)69-59-25-8-10-27-61(59)70(62-28-11-9-26-60(62)69)55-22-16-21-53(45-55)54-41-42-65-66(46-54)72(57-40-34-48-18-5-7-20-52(48)44-57)64-30-13-12-29-63(64)71(65)56-39-33-47-17-4-6-19-51(47)43-56/h1-46H. The fraction of sp³-hybridized carbons (Fsp3) is 0. The summed E-state index contributed by atoms with van der Waals surface area (Å²) in [5.41, 5.74) is 16.3. The number of hydrogen-bond donors (Lipinski definition) is 0. The molecule has 0 N–H and O–H groups in total. The lowest BCUT2D eigenvalue weighted by atomic mass is 9.83. The Balaban J connectivity index is 0.897. The summed E-state index contributed by atoms with van der Waals surface area (Å²) in [5, 5.41) is 14.8. The monoisotopic (exact) mass is 950 g/mol. The molecule has 0 spiro atoms. The van der Waals surface area contributed by atoms with Gasteiger partial charge in [0.05, 0.1) is 11.0 Å². The molecule has 0 fully saturated rings. The molecular formula is C73H46N2. The van der Waals surface area contributed by atoms with Crippen LogP contribution in [0.1, 0.15) is 0 Å². The van der Waals surface area contributed by atoms with Gasteiger partial charge in [-0.1, -0.05) is 231 Å². The summed E-state index contributed by atoms with van der Waals surface area (Å²) in [7, 11) is 0. The van der Waals surface area contributed by atoms with Gasteiger partial charge in [-0.05, 0) is 169 Å². The summed E-state index contributed by atoms with van der Waals surface area (Å²) in [4.78, 5) is 5.18. The van der Waals surface area contributed by atoms with Gasteiger partial charge in [0.25, 0.3) is 0 Å². The highest BCUT2D eigenvalue weighted by atomic mass is 15.1. The topological polar surface area (TPSA) is 17.8 Å². The second-order valence-electron chi connectivity index (χ2n) is 19.8. The van der Waals surface area contributed by atoms with Crippen LogP contribution in [0.25, 0.3) is 148 Å². The van der Waals surface area contributed by atoms with Crippen molar-refractivity contribution in [3.8, 4) is 72.7 Å². The van der Waals surface area contributed by atoms with E-state index in [1.54, 1.807) is 0 Å². The Bertz CT molecular complexity index is 4700. The normalized spacial score (nSPS) is 11.7. The van der Waals surface area contributed by atoms with E-state index in [9.17, 15) is 0 Å². The summed E-state index contributed by atoms with van der Waals surface area (Å²) in [6.07, 6.45) is 0. The van der Waals surface area contributed by atoms with Crippen LogP contribution in [0.15, 0.2) is 279 Å². The predicted molar refractivity (Wildman–Crippen MR) is 319 cm³/mol. The van der Waals surface area contributed by atoms with Gasteiger partial charge in [-0.15, -0.1) is 0 Å². The van der Waals surface area contributed by atoms with E-state index < -0.39 is 0 Å². The largest absolute Gasteiger partial charge is 0.292 e. The first kappa shape index (κ1) is 42.8. The van der Waals surface area contributed by atoms with Crippen molar-refractivity contribution in [3.63, 3.8) is 0 Å². The molecule has 0 aliphatic heterocycles. The summed E-state index contributed by atoms with van der Waals surface area (Å²) >= 11 is 0. The SMILES string of the molecule is c1ccc(-n2c(-c3ccc(-c4c5ccccc5c(-c5cccc(-c6ccc7c(-c8ccc9ccccc9c8)c8ccccc8c(-c8ccc9ccccc9c8)c7c6)c5)c5ccccc45)cc3)nc3ccccc32)cc1. The van der Waals surface area contributed by atoms with Crippen LogP contribution in [0.5, 0.6) is 0 Å². The molecule has 15 aromatic rings. The van der Waals surface area contributed by atoms with Crippen LogP contribution in [0.2, 0.25) is 0 Å². The van der Waals surface area contributed by atoms with Gasteiger partial charge in [0.1, 0.15) is 5.82 Å². The molecule has 75 heavy (non-hydrogen) atoms. The van der Waals surface area contributed by atoms with Crippen LogP contribution in [0.4, 0.5) is 0 Å². The Morgan fingerprint density at radius 1 is 0.227 bits per heavy atom. The minimum Gasteiger partial charge on any atom is -0.292 e. The lowest BCUT2D eigenvalue weighted by Gasteiger charge is -2.20. The Kier molecular flexibility index (Phi) is 9.93. The first-order valence-electron chi connectivity index (χ1n) is 25.8. The van der Waals surface area contributed by atoms with E-state index in [0.717, 1.165) is 28.1 Å². The zero-order valence-corrected chi connectivity index (χ0v) is 41.0. The van der Waals surface area contributed by atoms with E-state index in [2.05, 4.69) is 284 Å². The maximum atomic E-state index is 5.18. The number of nitrogens with zero attached hydrogens (tertiary/aromatic N) is 2. The molecule has 0 aliphatic carbocycles.